The average Bonchev–Trinajstić information content (AvgIpc) is 2.64. The standard InChI is InChI=1S/C20H28N4O2S.HI/c1-16-5-9-18(10-6-16)15-24(4)20(21-3)22-13-14-23-27(25,26)19-11-7-17(2)8-12-19;/h5-12,23H,13-15H2,1-4H3,(H,21,22);1H. The first-order valence-electron chi connectivity index (χ1n) is 8.85. The summed E-state index contributed by atoms with van der Waals surface area (Å²) in [5.41, 5.74) is 3.44. The van der Waals surface area contributed by atoms with Crippen molar-refractivity contribution in [1.29, 1.82) is 0 Å². The highest BCUT2D eigenvalue weighted by Crippen LogP contribution is 2.09. The molecule has 0 aliphatic carbocycles. The molecule has 0 aromatic heterocycles. The quantitative estimate of drug-likeness (QED) is 0.257. The summed E-state index contributed by atoms with van der Waals surface area (Å²) in [5, 5.41) is 3.18. The Balaban J connectivity index is 0.00000392. The van der Waals surface area contributed by atoms with Gasteiger partial charge in [0.25, 0.3) is 0 Å². The summed E-state index contributed by atoms with van der Waals surface area (Å²) < 4.78 is 27.2. The van der Waals surface area contributed by atoms with Gasteiger partial charge in [-0.15, -0.1) is 24.0 Å². The van der Waals surface area contributed by atoms with Gasteiger partial charge in [-0.3, -0.25) is 4.99 Å². The van der Waals surface area contributed by atoms with E-state index >= 15 is 0 Å². The SMILES string of the molecule is CN=C(NCCNS(=O)(=O)c1ccc(C)cc1)N(C)Cc1ccc(C)cc1.I. The number of halogens is 1. The molecule has 28 heavy (non-hydrogen) atoms. The number of hydrogen-bond acceptors (Lipinski definition) is 3. The number of sulfonamides is 1. The minimum atomic E-state index is -3.50. The minimum Gasteiger partial charge on any atom is -0.355 e. The van der Waals surface area contributed by atoms with E-state index in [1.54, 1.807) is 31.3 Å². The topological polar surface area (TPSA) is 73.8 Å². The summed E-state index contributed by atoms with van der Waals surface area (Å²) >= 11 is 0. The molecular weight excluding hydrogens is 487 g/mol. The maximum absolute atomic E-state index is 12.3. The normalized spacial score (nSPS) is 11.6. The first-order chi connectivity index (χ1) is 12.8. The maximum atomic E-state index is 12.3. The third-order valence-corrected chi connectivity index (χ3v) is 5.62. The molecule has 0 atom stereocenters. The highest BCUT2D eigenvalue weighted by Gasteiger charge is 2.13. The lowest BCUT2D eigenvalue weighted by Gasteiger charge is -2.22. The Labute approximate surface area is 185 Å². The lowest BCUT2D eigenvalue weighted by Crippen LogP contribution is -2.42. The largest absolute Gasteiger partial charge is 0.355 e. The van der Waals surface area contributed by atoms with Gasteiger partial charge in [-0.1, -0.05) is 47.5 Å². The highest BCUT2D eigenvalue weighted by atomic mass is 127. The second kappa shape index (κ2) is 11.4. The second-order valence-electron chi connectivity index (χ2n) is 6.53. The lowest BCUT2D eigenvalue weighted by molar-refractivity contribution is 0.477. The van der Waals surface area contributed by atoms with Crippen molar-refractivity contribution in [3.8, 4) is 0 Å². The smallest absolute Gasteiger partial charge is 0.240 e. The fraction of sp³-hybridized carbons (Fsp3) is 0.350. The van der Waals surface area contributed by atoms with Crippen LogP contribution in [0.1, 0.15) is 16.7 Å². The number of aryl methyl sites for hydroxylation is 2. The predicted octanol–water partition coefficient (Wildman–Crippen LogP) is 2.91. The summed E-state index contributed by atoms with van der Waals surface area (Å²) in [6.45, 7) is 5.41. The molecule has 0 radical (unpaired) electrons. The zero-order valence-electron chi connectivity index (χ0n) is 16.8. The van der Waals surface area contributed by atoms with Gasteiger partial charge < -0.3 is 10.2 Å². The molecule has 8 heteroatoms. The van der Waals surface area contributed by atoms with Crippen LogP contribution in [0, 0.1) is 13.8 Å². The summed E-state index contributed by atoms with van der Waals surface area (Å²) in [5.74, 6) is 0.713. The molecule has 0 saturated heterocycles. The van der Waals surface area contributed by atoms with Gasteiger partial charge in [0.1, 0.15) is 0 Å². The second-order valence-corrected chi connectivity index (χ2v) is 8.29. The van der Waals surface area contributed by atoms with Crippen LogP contribution in [0.5, 0.6) is 0 Å². The summed E-state index contributed by atoms with van der Waals surface area (Å²) in [4.78, 5) is 6.53. The minimum absolute atomic E-state index is 0. The zero-order valence-corrected chi connectivity index (χ0v) is 19.9. The molecule has 0 aliphatic rings. The summed E-state index contributed by atoms with van der Waals surface area (Å²) in [7, 11) is 0.165. The van der Waals surface area contributed by atoms with E-state index in [-0.39, 0.29) is 35.4 Å². The van der Waals surface area contributed by atoms with E-state index in [1.807, 2.05) is 18.9 Å². The van der Waals surface area contributed by atoms with Crippen LogP contribution in [0.25, 0.3) is 0 Å². The molecule has 0 amide bonds. The van der Waals surface area contributed by atoms with E-state index < -0.39 is 10.0 Å². The van der Waals surface area contributed by atoms with Crippen molar-refractivity contribution < 1.29 is 8.42 Å². The van der Waals surface area contributed by atoms with Crippen LogP contribution in [0.15, 0.2) is 58.4 Å². The van der Waals surface area contributed by atoms with Crippen LogP contribution in [0.3, 0.4) is 0 Å². The highest BCUT2D eigenvalue weighted by molar-refractivity contribution is 14.0. The molecular formula is C20H29IN4O2S. The average molecular weight is 516 g/mol. The van der Waals surface area contributed by atoms with Gasteiger partial charge in [0.2, 0.25) is 10.0 Å². The maximum Gasteiger partial charge on any atom is 0.240 e. The molecule has 2 rings (SSSR count). The number of nitrogens with zero attached hydrogens (tertiary/aromatic N) is 2. The Morgan fingerprint density at radius 1 is 0.964 bits per heavy atom. The van der Waals surface area contributed by atoms with Crippen molar-refractivity contribution in [3.63, 3.8) is 0 Å². The van der Waals surface area contributed by atoms with Crippen LogP contribution in [0.4, 0.5) is 0 Å². The van der Waals surface area contributed by atoms with E-state index in [1.165, 1.54) is 11.1 Å². The predicted molar refractivity (Wildman–Crippen MR) is 126 cm³/mol. The van der Waals surface area contributed by atoms with Crippen molar-refractivity contribution in [2.45, 2.75) is 25.3 Å². The van der Waals surface area contributed by atoms with Gasteiger partial charge in [0, 0.05) is 33.7 Å². The Morgan fingerprint density at radius 3 is 2.04 bits per heavy atom. The van der Waals surface area contributed by atoms with E-state index in [9.17, 15) is 8.42 Å². The summed E-state index contributed by atoms with van der Waals surface area (Å²) in [6.07, 6.45) is 0. The Bertz CT molecular complexity index is 866. The first kappa shape index (κ1) is 24.4. The number of nitrogens with one attached hydrogen (secondary N) is 2. The fourth-order valence-electron chi connectivity index (χ4n) is 2.59. The molecule has 0 bridgehead atoms. The number of rotatable bonds is 7. The molecule has 6 nitrogen and oxygen atoms in total. The van der Waals surface area contributed by atoms with E-state index in [0.717, 1.165) is 12.1 Å². The van der Waals surface area contributed by atoms with Crippen molar-refractivity contribution in [3.05, 3.63) is 65.2 Å². The Kier molecular flexibility index (Phi) is 9.91. The van der Waals surface area contributed by atoms with Crippen LogP contribution in [-0.2, 0) is 16.6 Å². The van der Waals surface area contributed by atoms with Gasteiger partial charge in [-0.2, -0.15) is 0 Å². The monoisotopic (exact) mass is 516 g/mol. The third-order valence-electron chi connectivity index (χ3n) is 4.15. The molecule has 2 aromatic carbocycles. The Hall–Kier alpha value is -1.65. The van der Waals surface area contributed by atoms with E-state index in [0.29, 0.717) is 12.5 Å². The lowest BCUT2D eigenvalue weighted by atomic mass is 10.1. The van der Waals surface area contributed by atoms with Crippen LogP contribution in [-0.4, -0.2) is 46.5 Å². The Morgan fingerprint density at radius 2 is 1.50 bits per heavy atom. The van der Waals surface area contributed by atoms with Crippen LogP contribution >= 0.6 is 24.0 Å². The van der Waals surface area contributed by atoms with Crippen molar-refractivity contribution in [2.75, 3.05) is 27.2 Å². The number of benzene rings is 2. The van der Waals surface area contributed by atoms with Gasteiger partial charge in [0.15, 0.2) is 5.96 Å². The van der Waals surface area contributed by atoms with Gasteiger partial charge in [0.05, 0.1) is 4.90 Å². The molecule has 2 N–H and O–H groups in total. The van der Waals surface area contributed by atoms with Crippen LogP contribution in [0.2, 0.25) is 0 Å². The van der Waals surface area contributed by atoms with Crippen LogP contribution < -0.4 is 10.0 Å². The zero-order chi connectivity index (χ0) is 19.9. The van der Waals surface area contributed by atoms with E-state index in [4.69, 9.17) is 0 Å². The number of aliphatic imine (C=N–C) groups is 1. The van der Waals surface area contributed by atoms with Crippen molar-refractivity contribution in [2.24, 2.45) is 4.99 Å². The third kappa shape index (κ3) is 7.40. The molecule has 0 aliphatic heterocycles. The number of hydrogen-bond donors (Lipinski definition) is 2. The van der Waals surface area contributed by atoms with Gasteiger partial charge in [-0.05, 0) is 31.5 Å². The van der Waals surface area contributed by atoms with Crippen molar-refractivity contribution >= 4 is 40.0 Å². The molecule has 0 fully saturated rings. The molecule has 0 spiro atoms. The summed E-state index contributed by atoms with van der Waals surface area (Å²) in [6, 6.07) is 15.1. The molecule has 0 heterocycles. The first-order valence-corrected chi connectivity index (χ1v) is 10.3. The van der Waals surface area contributed by atoms with Gasteiger partial charge >= 0.3 is 0 Å². The molecule has 154 valence electrons. The van der Waals surface area contributed by atoms with Gasteiger partial charge in [-0.25, -0.2) is 13.1 Å². The molecule has 0 unspecified atom stereocenters. The van der Waals surface area contributed by atoms with Crippen molar-refractivity contribution in [1.82, 2.24) is 14.9 Å². The molecule has 2 aromatic rings. The number of guanidine groups is 1. The fourth-order valence-corrected chi connectivity index (χ4v) is 3.62. The van der Waals surface area contributed by atoms with E-state index in [2.05, 4.69) is 46.2 Å². The molecule has 0 saturated carbocycles.